The summed E-state index contributed by atoms with van der Waals surface area (Å²) in [5, 5.41) is 17.0. The molecule has 1 aliphatic rings. The summed E-state index contributed by atoms with van der Waals surface area (Å²) in [6.45, 7) is 17.8. The van der Waals surface area contributed by atoms with Crippen molar-refractivity contribution in [3.8, 4) is 0 Å². The first-order valence-corrected chi connectivity index (χ1v) is 28.0. The second kappa shape index (κ2) is 32.8. The minimum atomic E-state index is -0.989. The third kappa shape index (κ3) is 20.2. The van der Waals surface area contributed by atoms with E-state index in [9.17, 15) is 38.4 Å². The molecule has 0 spiro atoms. The third-order valence-electron chi connectivity index (χ3n) is 15.2. The van der Waals surface area contributed by atoms with Crippen molar-refractivity contribution in [3.05, 3.63) is 65.7 Å². The first kappa shape index (κ1) is 67.1. The van der Waals surface area contributed by atoms with Crippen LogP contribution in [0, 0.1) is 29.6 Å². The van der Waals surface area contributed by atoms with Crippen molar-refractivity contribution in [2.45, 2.75) is 168 Å². The molecule has 1 aliphatic heterocycles. The lowest BCUT2D eigenvalue weighted by molar-refractivity contribution is -0.148. The molecule has 1 saturated heterocycles. The Bertz CT molecular complexity index is 2280. The smallest absolute Gasteiger partial charge is 0.312 e. The summed E-state index contributed by atoms with van der Waals surface area (Å²) in [4.78, 5) is 114. The number of nitrogens with one attached hydrogen (secondary N) is 6. The number of primary amides is 1. The van der Waals surface area contributed by atoms with E-state index in [1.54, 1.807) is 61.9 Å². The van der Waals surface area contributed by atoms with Crippen LogP contribution in [0.2, 0.25) is 0 Å². The number of benzene rings is 2. The summed E-state index contributed by atoms with van der Waals surface area (Å²) in [5.41, 5.74) is 13.2. The van der Waals surface area contributed by atoms with Crippen LogP contribution in [-0.2, 0) is 56.0 Å². The molecule has 1 unspecified atom stereocenters. The first-order valence-electron chi connectivity index (χ1n) is 28.0. The van der Waals surface area contributed by atoms with Crippen LogP contribution >= 0.6 is 0 Å². The number of carbonyl (C=O) groups excluding carboxylic acids is 8. The summed E-state index contributed by atoms with van der Waals surface area (Å²) in [7, 11) is 8.44. The van der Waals surface area contributed by atoms with Crippen LogP contribution < -0.4 is 43.4 Å². The molecule has 0 radical (unpaired) electrons. The number of hydrogen-bond acceptors (Lipinski definition) is 12. The first-order chi connectivity index (χ1) is 37.3. The van der Waals surface area contributed by atoms with Gasteiger partial charge in [-0.25, -0.2) is 4.79 Å². The van der Waals surface area contributed by atoms with Crippen LogP contribution in [0.4, 0.5) is 10.5 Å². The minimum Gasteiger partial charge on any atom is -0.379 e. The number of likely N-dealkylation sites (tertiary alicyclic amines) is 1. The maximum atomic E-state index is 14.5. The van der Waals surface area contributed by atoms with Crippen molar-refractivity contribution in [1.29, 1.82) is 0 Å². The van der Waals surface area contributed by atoms with E-state index in [-0.39, 0.29) is 73.7 Å². The van der Waals surface area contributed by atoms with Crippen molar-refractivity contribution in [3.63, 3.8) is 0 Å². The molecule has 11 atom stereocenters. The molecule has 0 bridgehead atoms. The Labute approximate surface area is 469 Å². The number of carbonyl (C=O) groups is 8. The van der Waals surface area contributed by atoms with E-state index in [1.807, 2.05) is 90.9 Å². The fourth-order valence-corrected chi connectivity index (χ4v) is 10.4. The topological polar surface area (TPSA) is 289 Å². The molecule has 79 heavy (non-hydrogen) atoms. The zero-order chi connectivity index (χ0) is 59.3. The number of hydrogen-bond donors (Lipinski definition) is 8. The van der Waals surface area contributed by atoms with Gasteiger partial charge in [0.15, 0.2) is 0 Å². The average molecular weight is 1110 g/mol. The van der Waals surface area contributed by atoms with E-state index in [1.165, 1.54) is 14.2 Å². The lowest BCUT2D eigenvalue weighted by Crippen LogP contribution is -2.59. The van der Waals surface area contributed by atoms with E-state index < -0.39 is 90.1 Å². The fraction of sp³-hybridized carbons (Fsp3) is 0.655. The number of anilines is 1. The Morgan fingerprint density at radius 2 is 1.35 bits per heavy atom. The molecule has 0 aliphatic carbocycles. The third-order valence-corrected chi connectivity index (χ3v) is 15.2. The molecule has 2 aromatic rings. The van der Waals surface area contributed by atoms with Crippen LogP contribution in [0.15, 0.2) is 54.6 Å². The van der Waals surface area contributed by atoms with Crippen molar-refractivity contribution < 1.29 is 47.8 Å². The average Bonchev–Trinajstić information content (AvgIpc) is 3.92. The molecular weight excluding hydrogens is 1010 g/mol. The summed E-state index contributed by atoms with van der Waals surface area (Å²) < 4.78 is 12.1. The van der Waals surface area contributed by atoms with Gasteiger partial charge >= 0.3 is 6.03 Å². The Hall–Kier alpha value is -6.16. The molecule has 21 nitrogen and oxygen atoms in total. The Balaban J connectivity index is 1.77. The molecule has 1 fully saturated rings. The zero-order valence-corrected chi connectivity index (χ0v) is 49.4. The van der Waals surface area contributed by atoms with Gasteiger partial charge in [0.2, 0.25) is 41.4 Å². The van der Waals surface area contributed by atoms with Gasteiger partial charge in [-0.3, -0.25) is 38.5 Å². The van der Waals surface area contributed by atoms with E-state index in [2.05, 4.69) is 31.9 Å². The lowest BCUT2D eigenvalue weighted by atomic mass is 9.89. The minimum absolute atomic E-state index is 0.00756. The Kier molecular flexibility index (Phi) is 27.9. The number of methoxy groups -OCH3 is 2. The predicted molar refractivity (Wildman–Crippen MR) is 306 cm³/mol. The monoisotopic (exact) mass is 1110 g/mol. The Morgan fingerprint density at radius 3 is 1.90 bits per heavy atom. The molecule has 10 N–H and O–H groups in total. The van der Waals surface area contributed by atoms with Crippen LogP contribution in [0.3, 0.4) is 0 Å². The summed E-state index contributed by atoms with van der Waals surface area (Å²) in [6.07, 6.45) is 1.20. The molecule has 3 rings (SSSR count). The molecular formula is C58H95N11O10. The molecule has 2 aromatic carbocycles. The van der Waals surface area contributed by atoms with E-state index in [0.29, 0.717) is 43.5 Å². The van der Waals surface area contributed by atoms with Crippen LogP contribution in [0.25, 0.3) is 0 Å². The van der Waals surface area contributed by atoms with Crippen molar-refractivity contribution in [1.82, 2.24) is 41.3 Å². The normalized spacial score (nSPS) is 17.4. The second-order valence-corrected chi connectivity index (χ2v) is 22.4. The molecule has 1 heterocycles. The van der Waals surface area contributed by atoms with Crippen molar-refractivity contribution in [2.24, 2.45) is 41.1 Å². The highest BCUT2D eigenvalue weighted by molar-refractivity contribution is 5.98. The second-order valence-electron chi connectivity index (χ2n) is 22.4. The van der Waals surface area contributed by atoms with Gasteiger partial charge in [0.25, 0.3) is 0 Å². The number of rotatable bonds is 32. The summed E-state index contributed by atoms with van der Waals surface area (Å²) in [5.74, 6) is -3.81. The van der Waals surface area contributed by atoms with Gasteiger partial charge in [-0.2, -0.15) is 0 Å². The number of amides is 9. The number of urea groups is 1. The van der Waals surface area contributed by atoms with Gasteiger partial charge < -0.3 is 62.6 Å². The number of nitrogens with zero attached hydrogens (tertiary/aromatic N) is 3. The van der Waals surface area contributed by atoms with Crippen LogP contribution in [-0.4, -0.2) is 165 Å². The maximum Gasteiger partial charge on any atom is 0.312 e. The van der Waals surface area contributed by atoms with Crippen molar-refractivity contribution >= 4 is 53.1 Å². The Morgan fingerprint density at radius 1 is 0.722 bits per heavy atom. The molecule has 442 valence electrons. The van der Waals surface area contributed by atoms with E-state index in [0.717, 1.165) is 5.56 Å². The summed E-state index contributed by atoms with van der Waals surface area (Å²) >= 11 is 0. The van der Waals surface area contributed by atoms with Gasteiger partial charge in [0.1, 0.15) is 18.1 Å². The number of likely N-dealkylation sites (N-methyl/N-ethyl adjacent to an activating group) is 2. The highest BCUT2D eigenvalue weighted by Gasteiger charge is 2.44. The molecule has 0 saturated carbocycles. The zero-order valence-electron chi connectivity index (χ0n) is 49.4. The summed E-state index contributed by atoms with van der Waals surface area (Å²) in [6, 6.07) is 10.4. The highest BCUT2D eigenvalue weighted by atomic mass is 16.5. The van der Waals surface area contributed by atoms with Gasteiger partial charge in [-0.15, -0.1) is 0 Å². The maximum absolute atomic E-state index is 14.5. The van der Waals surface area contributed by atoms with Crippen molar-refractivity contribution in [2.75, 3.05) is 53.8 Å². The van der Waals surface area contributed by atoms with Gasteiger partial charge in [0, 0.05) is 53.0 Å². The molecule has 0 aromatic heterocycles. The SMILES string of the molecule is CC[C@H](C)[C@@H]([C@@H](CC(=O)N1CCC[C@H]1[C@H](OC)[C@@H](C)C(=O)NC(Cc1ccccc1)C(=O)NCc1ccc(NC(=O)[C@H](CCCNC(N)=O)NC(=O)[C@@H](N)C(C)C)cc1)OC)N(C)C(=O)[C@@H](NC(=O)[C@H](C(C)C)N(C)C)C(C)C. The largest absolute Gasteiger partial charge is 0.379 e. The quantitative estimate of drug-likeness (QED) is 0.0489. The van der Waals surface area contributed by atoms with Gasteiger partial charge in [0.05, 0.1) is 48.7 Å². The molecule has 21 heteroatoms. The van der Waals surface area contributed by atoms with Gasteiger partial charge in [-0.05, 0) is 86.7 Å². The van der Waals surface area contributed by atoms with Gasteiger partial charge in [-0.1, -0.05) is 111 Å². The van der Waals surface area contributed by atoms with E-state index in [4.69, 9.17) is 20.9 Å². The van der Waals surface area contributed by atoms with Crippen LogP contribution in [0.1, 0.15) is 112 Å². The predicted octanol–water partition coefficient (Wildman–Crippen LogP) is 3.53. The fourth-order valence-electron chi connectivity index (χ4n) is 10.4. The number of ether oxygens (including phenoxy) is 2. The number of nitrogens with two attached hydrogens (primary N) is 2. The standard InChI is InChI=1S/C58H95N11O10/c1-15-37(8)50(68(12)57(76)48(35(4)5)66-56(75)49(36(6)7)67(10)11)45(78-13)32-46(70)69-30-20-24-44(69)51(79-14)38(9)52(71)65-43(31-39-21-17-16-18-22-39)53(72)62-33-40-25-27-41(28-26-40)63-54(73)42(23-19-29-61-58(60)77)64-55(74)47(59)34(2)3/h16-18,21-22,25-28,34-38,42-45,47-51H,15,19-20,23-24,29-33,59H2,1-14H3,(H,62,72)(H,63,73)(H,64,74)(H,65,71)(H,66,75)(H3,60,61,77)/t37-,38+,42-,43?,44-,45+,47-,48-,49-,50-,51+/m0/s1. The van der Waals surface area contributed by atoms with Crippen LogP contribution in [0.5, 0.6) is 0 Å². The van der Waals surface area contributed by atoms with E-state index >= 15 is 0 Å². The lowest BCUT2D eigenvalue weighted by Gasteiger charge is -2.41. The molecule has 9 amide bonds. The highest BCUT2D eigenvalue weighted by Crippen LogP contribution is 2.30.